The van der Waals surface area contributed by atoms with Gasteiger partial charge in [0.1, 0.15) is 18.4 Å². The van der Waals surface area contributed by atoms with E-state index >= 15 is 0 Å². The fourth-order valence-corrected chi connectivity index (χ4v) is 4.11. The Labute approximate surface area is 182 Å². The monoisotopic (exact) mass is 449 g/mol. The average molecular weight is 450 g/mol. The summed E-state index contributed by atoms with van der Waals surface area (Å²) in [6, 6.07) is 11.6. The van der Waals surface area contributed by atoms with E-state index in [-0.39, 0.29) is 12.5 Å². The Morgan fingerprint density at radius 2 is 1.77 bits per heavy atom. The number of hydrogen-bond donors (Lipinski definition) is 1. The standard InChI is InChI=1S/C22H28FN3O4S/c1-5-20(22(28)24-3)25(14-17-9-11-18(23)12-10-17)21(27)15-26(31(4,29)30)19-8-6-7-16(2)13-19/h6-13,20H,5,14-15H2,1-4H3,(H,24,28)/t20-/m0/s1. The van der Waals surface area contributed by atoms with Gasteiger partial charge in [-0.15, -0.1) is 0 Å². The third-order valence-electron chi connectivity index (χ3n) is 4.87. The van der Waals surface area contributed by atoms with E-state index in [1.807, 2.05) is 13.0 Å². The van der Waals surface area contributed by atoms with Crippen LogP contribution in [0.15, 0.2) is 48.5 Å². The first-order valence-electron chi connectivity index (χ1n) is 9.86. The van der Waals surface area contributed by atoms with E-state index in [0.717, 1.165) is 16.1 Å². The van der Waals surface area contributed by atoms with Gasteiger partial charge in [-0.3, -0.25) is 13.9 Å². The smallest absolute Gasteiger partial charge is 0.244 e. The molecule has 0 fully saturated rings. The number of carbonyl (C=O) groups excluding carboxylic acids is 2. The molecule has 1 N–H and O–H groups in total. The molecule has 2 amide bonds. The van der Waals surface area contributed by atoms with Crippen LogP contribution < -0.4 is 9.62 Å². The molecule has 31 heavy (non-hydrogen) atoms. The second-order valence-corrected chi connectivity index (χ2v) is 9.20. The Kier molecular flexibility index (Phi) is 8.15. The molecule has 168 valence electrons. The van der Waals surface area contributed by atoms with E-state index in [4.69, 9.17) is 0 Å². The first-order valence-corrected chi connectivity index (χ1v) is 11.7. The van der Waals surface area contributed by atoms with Crippen LogP contribution in [0.25, 0.3) is 0 Å². The zero-order chi connectivity index (χ0) is 23.2. The topological polar surface area (TPSA) is 86.8 Å². The molecule has 2 rings (SSSR count). The van der Waals surface area contributed by atoms with Crippen LogP contribution in [-0.4, -0.2) is 51.0 Å². The van der Waals surface area contributed by atoms with Crippen LogP contribution in [0.4, 0.5) is 10.1 Å². The second kappa shape index (κ2) is 10.4. The quantitative estimate of drug-likeness (QED) is 0.637. The van der Waals surface area contributed by atoms with E-state index in [1.165, 1.54) is 36.2 Å². The van der Waals surface area contributed by atoms with Crippen molar-refractivity contribution in [2.75, 3.05) is 24.2 Å². The first-order chi connectivity index (χ1) is 14.6. The third kappa shape index (κ3) is 6.52. The molecule has 0 aromatic heterocycles. The molecule has 0 spiro atoms. The molecular formula is C22H28FN3O4S. The van der Waals surface area contributed by atoms with Crippen LogP contribution in [0.5, 0.6) is 0 Å². The molecule has 2 aromatic carbocycles. The van der Waals surface area contributed by atoms with Gasteiger partial charge in [-0.1, -0.05) is 31.2 Å². The molecule has 0 aliphatic carbocycles. The molecule has 0 bridgehead atoms. The Bertz CT molecular complexity index is 1030. The molecule has 7 nitrogen and oxygen atoms in total. The molecule has 0 aliphatic rings. The highest BCUT2D eigenvalue weighted by Gasteiger charge is 2.31. The van der Waals surface area contributed by atoms with Gasteiger partial charge in [0.25, 0.3) is 0 Å². The molecule has 0 unspecified atom stereocenters. The molecular weight excluding hydrogens is 421 g/mol. The zero-order valence-corrected chi connectivity index (χ0v) is 18.9. The SMILES string of the molecule is CC[C@@H](C(=O)NC)N(Cc1ccc(F)cc1)C(=O)CN(c1cccc(C)c1)S(C)(=O)=O. The minimum absolute atomic E-state index is 0.0382. The maximum Gasteiger partial charge on any atom is 0.244 e. The molecule has 9 heteroatoms. The van der Waals surface area contributed by atoms with Crippen molar-refractivity contribution in [2.45, 2.75) is 32.9 Å². The van der Waals surface area contributed by atoms with E-state index in [0.29, 0.717) is 17.7 Å². The van der Waals surface area contributed by atoms with Crippen molar-refractivity contribution in [1.29, 1.82) is 0 Å². The van der Waals surface area contributed by atoms with Crippen LogP contribution in [0.3, 0.4) is 0 Å². The third-order valence-corrected chi connectivity index (χ3v) is 6.01. The summed E-state index contributed by atoms with van der Waals surface area (Å²) in [4.78, 5) is 27.1. The average Bonchev–Trinajstić information content (AvgIpc) is 2.72. The maximum atomic E-state index is 13.3. The first kappa shape index (κ1) is 24.3. The van der Waals surface area contributed by atoms with Crippen LogP contribution >= 0.6 is 0 Å². The summed E-state index contributed by atoms with van der Waals surface area (Å²) in [5, 5.41) is 2.54. The van der Waals surface area contributed by atoms with Crippen molar-refractivity contribution in [3.8, 4) is 0 Å². The lowest BCUT2D eigenvalue weighted by molar-refractivity contribution is -0.140. The zero-order valence-electron chi connectivity index (χ0n) is 18.1. The van der Waals surface area contributed by atoms with Crippen LogP contribution in [0.1, 0.15) is 24.5 Å². The van der Waals surface area contributed by atoms with Crippen molar-refractivity contribution in [3.05, 3.63) is 65.5 Å². The number of anilines is 1. The lowest BCUT2D eigenvalue weighted by Gasteiger charge is -2.32. The highest BCUT2D eigenvalue weighted by atomic mass is 32.2. The van der Waals surface area contributed by atoms with Gasteiger partial charge < -0.3 is 10.2 Å². The number of hydrogen-bond acceptors (Lipinski definition) is 4. The number of sulfonamides is 1. The minimum atomic E-state index is -3.76. The summed E-state index contributed by atoms with van der Waals surface area (Å²) in [7, 11) is -2.29. The van der Waals surface area contributed by atoms with Gasteiger partial charge in [-0.05, 0) is 48.7 Å². The Hall–Kier alpha value is -2.94. The summed E-state index contributed by atoms with van der Waals surface area (Å²) in [6.07, 6.45) is 1.36. The number of carbonyl (C=O) groups is 2. The largest absolute Gasteiger partial charge is 0.357 e. The number of aryl methyl sites for hydroxylation is 1. The van der Waals surface area contributed by atoms with Crippen molar-refractivity contribution < 1.29 is 22.4 Å². The lowest BCUT2D eigenvalue weighted by atomic mass is 10.1. The van der Waals surface area contributed by atoms with Gasteiger partial charge in [0, 0.05) is 13.6 Å². The fourth-order valence-electron chi connectivity index (χ4n) is 3.27. The Balaban J connectivity index is 2.41. The number of benzene rings is 2. The Morgan fingerprint density at radius 3 is 2.29 bits per heavy atom. The second-order valence-electron chi connectivity index (χ2n) is 7.30. The lowest BCUT2D eigenvalue weighted by Crippen LogP contribution is -2.51. The number of likely N-dealkylation sites (N-methyl/N-ethyl adjacent to an activating group) is 1. The number of nitrogens with zero attached hydrogens (tertiary/aromatic N) is 2. The van der Waals surface area contributed by atoms with E-state index in [2.05, 4.69) is 5.32 Å². The molecule has 0 saturated heterocycles. The molecule has 1 atom stereocenters. The van der Waals surface area contributed by atoms with Crippen molar-refractivity contribution >= 4 is 27.5 Å². The summed E-state index contributed by atoms with van der Waals surface area (Å²) < 4.78 is 39.2. The Morgan fingerprint density at radius 1 is 1.13 bits per heavy atom. The normalized spacial score (nSPS) is 12.2. The van der Waals surface area contributed by atoms with E-state index in [1.54, 1.807) is 25.1 Å². The summed E-state index contributed by atoms with van der Waals surface area (Å²) in [6.45, 7) is 3.17. The van der Waals surface area contributed by atoms with Crippen LogP contribution in [0.2, 0.25) is 0 Å². The van der Waals surface area contributed by atoms with Crippen molar-refractivity contribution in [2.24, 2.45) is 0 Å². The summed E-state index contributed by atoms with van der Waals surface area (Å²) in [5.74, 6) is -1.31. The maximum absolute atomic E-state index is 13.3. The van der Waals surface area contributed by atoms with Gasteiger partial charge in [0.2, 0.25) is 21.8 Å². The number of amides is 2. The number of rotatable bonds is 9. The molecule has 0 heterocycles. The van der Waals surface area contributed by atoms with Crippen LogP contribution in [-0.2, 0) is 26.2 Å². The fraction of sp³-hybridized carbons (Fsp3) is 0.364. The molecule has 0 aliphatic heterocycles. The highest BCUT2D eigenvalue weighted by molar-refractivity contribution is 7.92. The van der Waals surface area contributed by atoms with Gasteiger partial charge >= 0.3 is 0 Å². The van der Waals surface area contributed by atoms with E-state index < -0.39 is 34.3 Å². The van der Waals surface area contributed by atoms with Crippen LogP contribution in [0, 0.1) is 12.7 Å². The summed E-state index contributed by atoms with van der Waals surface area (Å²) >= 11 is 0. The number of nitrogens with one attached hydrogen (secondary N) is 1. The van der Waals surface area contributed by atoms with Gasteiger partial charge in [0.15, 0.2) is 0 Å². The predicted molar refractivity (Wildman–Crippen MR) is 118 cm³/mol. The highest BCUT2D eigenvalue weighted by Crippen LogP contribution is 2.20. The van der Waals surface area contributed by atoms with Crippen molar-refractivity contribution in [3.63, 3.8) is 0 Å². The van der Waals surface area contributed by atoms with Gasteiger partial charge in [-0.2, -0.15) is 0 Å². The van der Waals surface area contributed by atoms with Gasteiger partial charge in [0.05, 0.1) is 11.9 Å². The van der Waals surface area contributed by atoms with E-state index in [9.17, 15) is 22.4 Å². The molecule has 2 aromatic rings. The molecule has 0 saturated carbocycles. The molecule has 0 radical (unpaired) electrons. The minimum Gasteiger partial charge on any atom is -0.357 e. The summed E-state index contributed by atoms with van der Waals surface area (Å²) in [5.41, 5.74) is 1.84. The van der Waals surface area contributed by atoms with Gasteiger partial charge in [-0.25, -0.2) is 12.8 Å². The van der Waals surface area contributed by atoms with Crippen molar-refractivity contribution in [1.82, 2.24) is 10.2 Å². The number of halogens is 1. The predicted octanol–water partition coefficient (Wildman–Crippen LogP) is 2.45.